The first-order chi connectivity index (χ1) is 3.46. The van der Waals surface area contributed by atoms with Gasteiger partial charge in [-0.3, -0.25) is 8.22 Å². The monoisotopic (exact) mass is 198 g/mol. The predicted molar refractivity (Wildman–Crippen MR) is 20.9 cm³/mol. The van der Waals surface area contributed by atoms with Gasteiger partial charge < -0.3 is 18.5 Å². The molecule has 0 aliphatic rings. The second kappa shape index (κ2) is 11.5. The zero-order valence-electron chi connectivity index (χ0n) is 4.10. The average molecular weight is 198 g/mol. The van der Waals surface area contributed by atoms with Crippen molar-refractivity contribution in [3.8, 4) is 0 Å². The van der Waals surface area contributed by atoms with Gasteiger partial charge >= 0.3 is 56.3 Å². The standard InChI is InChI=1S/Ca.2FO2Si/c;2*1-4(2)3/q+2;2*-1. The molecule has 0 unspecified atom stereocenters. The minimum atomic E-state index is -3.88. The molecule has 9 heavy (non-hydrogen) atoms. The molecular formula is CaF2O4Si2. The summed E-state index contributed by atoms with van der Waals surface area (Å²) >= 11 is 0. The molecule has 0 saturated carbocycles. The molecule has 0 atom stereocenters. The van der Waals surface area contributed by atoms with Crippen molar-refractivity contribution in [2.75, 3.05) is 0 Å². The van der Waals surface area contributed by atoms with E-state index in [0.717, 1.165) is 0 Å². The summed E-state index contributed by atoms with van der Waals surface area (Å²) in [6.07, 6.45) is 0. The van der Waals surface area contributed by atoms with Crippen LogP contribution in [-0.4, -0.2) is 56.3 Å². The van der Waals surface area contributed by atoms with Gasteiger partial charge in [0, 0.05) is 0 Å². The van der Waals surface area contributed by atoms with Crippen molar-refractivity contribution in [2.45, 2.75) is 0 Å². The molecule has 0 aliphatic carbocycles. The van der Waals surface area contributed by atoms with Crippen LogP contribution >= 0.6 is 0 Å². The number of halogens is 2. The van der Waals surface area contributed by atoms with Crippen molar-refractivity contribution in [1.29, 1.82) is 0 Å². The summed E-state index contributed by atoms with van der Waals surface area (Å²) in [7, 11) is -7.76. The minimum absolute atomic E-state index is 0. The molecule has 9 heteroatoms. The second-order valence-electron chi connectivity index (χ2n) is 0.475. The van der Waals surface area contributed by atoms with Crippen molar-refractivity contribution < 1.29 is 26.7 Å². The molecule has 0 heterocycles. The summed E-state index contributed by atoms with van der Waals surface area (Å²) in [4.78, 5) is 16.8. The van der Waals surface area contributed by atoms with Crippen molar-refractivity contribution in [2.24, 2.45) is 0 Å². The molecule has 4 nitrogen and oxygen atoms in total. The van der Waals surface area contributed by atoms with Crippen molar-refractivity contribution in [3.63, 3.8) is 0 Å². The molecule has 48 valence electrons. The molecule has 0 aliphatic heterocycles. The van der Waals surface area contributed by atoms with E-state index in [1.165, 1.54) is 0 Å². The van der Waals surface area contributed by atoms with Gasteiger partial charge in [0.05, 0.1) is 0 Å². The van der Waals surface area contributed by atoms with E-state index in [0.29, 0.717) is 0 Å². The Labute approximate surface area is 82.4 Å². The SMILES string of the molecule is O=[Si]([O-])F.O=[Si]([O-])F.[Ca+2]. The van der Waals surface area contributed by atoms with E-state index in [-0.39, 0.29) is 37.7 Å². The molecule has 0 radical (unpaired) electrons. The Balaban J connectivity index is -0.0000000720. The van der Waals surface area contributed by atoms with Crippen LogP contribution in [0.25, 0.3) is 0 Å². The first-order valence-electron chi connectivity index (χ1n) is 1.19. The summed E-state index contributed by atoms with van der Waals surface area (Å²) in [5, 5.41) is 0. The van der Waals surface area contributed by atoms with Gasteiger partial charge in [-0.25, -0.2) is 0 Å². The maximum Gasteiger partial charge on any atom is 2.00 e. The average Bonchev–Trinajstić information content (AvgIpc) is 1.25. The van der Waals surface area contributed by atoms with Crippen LogP contribution in [0.4, 0.5) is 8.22 Å². The fourth-order valence-electron chi connectivity index (χ4n) is 0. The second-order valence-corrected chi connectivity index (χ2v) is 1.43. The van der Waals surface area contributed by atoms with Gasteiger partial charge in [0.15, 0.2) is 0 Å². The third kappa shape index (κ3) is 703. The van der Waals surface area contributed by atoms with Gasteiger partial charge in [-0.05, 0) is 0 Å². The van der Waals surface area contributed by atoms with Crippen LogP contribution in [0.1, 0.15) is 0 Å². The Morgan fingerprint density at radius 1 is 1.00 bits per heavy atom. The molecule has 0 bridgehead atoms. The summed E-state index contributed by atoms with van der Waals surface area (Å²) in [5.74, 6) is 0. The third-order valence-corrected chi connectivity index (χ3v) is 0. The Bertz CT molecular complexity index is 74.6. The van der Waals surface area contributed by atoms with E-state index >= 15 is 0 Å². The van der Waals surface area contributed by atoms with Crippen LogP contribution in [0.3, 0.4) is 0 Å². The molecule has 0 aromatic carbocycles. The van der Waals surface area contributed by atoms with E-state index in [9.17, 15) is 8.22 Å². The van der Waals surface area contributed by atoms with Gasteiger partial charge in [-0.15, -0.1) is 0 Å². The molecule has 0 rings (SSSR count). The molecule has 0 spiro atoms. The zero-order valence-corrected chi connectivity index (χ0v) is 8.30. The van der Waals surface area contributed by atoms with Crippen molar-refractivity contribution in [3.05, 3.63) is 0 Å². The number of hydrogen-bond donors (Lipinski definition) is 0. The fourth-order valence-corrected chi connectivity index (χ4v) is 0. The maximum absolute atomic E-state index is 9.99. The van der Waals surface area contributed by atoms with Gasteiger partial charge in [0.1, 0.15) is 0 Å². The first kappa shape index (κ1) is 16.4. The van der Waals surface area contributed by atoms with Crippen LogP contribution < -0.4 is 9.59 Å². The summed E-state index contributed by atoms with van der Waals surface area (Å²) in [6.45, 7) is 0. The van der Waals surface area contributed by atoms with Gasteiger partial charge in [0.2, 0.25) is 0 Å². The van der Waals surface area contributed by atoms with Crippen LogP contribution in [0, 0.1) is 0 Å². The molecule has 0 aromatic heterocycles. The Hall–Kier alpha value is 0.754. The van der Waals surface area contributed by atoms with Crippen LogP contribution in [0.15, 0.2) is 0 Å². The zero-order chi connectivity index (χ0) is 7.15. The normalized spacial score (nSPS) is 5.56. The smallest absolute Gasteiger partial charge is 0.560 e. The van der Waals surface area contributed by atoms with E-state index in [2.05, 4.69) is 0 Å². The van der Waals surface area contributed by atoms with Crippen molar-refractivity contribution in [1.82, 2.24) is 0 Å². The van der Waals surface area contributed by atoms with Gasteiger partial charge in [-0.1, -0.05) is 0 Å². The van der Waals surface area contributed by atoms with Crippen molar-refractivity contribution >= 4 is 56.3 Å². The number of rotatable bonds is 0. The maximum atomic E-state index is 9.99. The summed E-state index contributed by atoms with van der Waals surface area (Å²) < 4.78 is 36.8. The van der Waals surface area contributed by atoms with Crippen LogP contribution in [-0.2, 0) is 8.92 Å². The van der Waals surface area contributed by atoms with E-state index < -0.39 is 18.5 Å². The first-order valence-corrected chi connectivity index (χ1v) is 3.58. The van der Waals surface area contributed by atoms with Gasteiger partial charge in [0.25, 0.3) is 0 Å². The topological polar surface area (TPSA) is 80.3 Å². The van der Waals surface area contributed by atoms with E-state index in [1.807, 2.05) is 0 Å². The van der Waals surface area contributed by atoms with Crippen LogP contribution in [0.2, 0.25) is 0 Å². The van der Waals surface area contributed by atoms with Gasteiger partial charge in [-0.2, -0.15) is 0 Å². The quantitative estimate of drug-likeness (QED) is 0.308. The van der Waals surface area contributed by atoms with E-state index in [4.69, 9.17) is 18.5 Å². The Morgan fingerprint density at radius 2 is 1.00 bits per heavy atom. The largest absolute Gasteiger partial charge is 2.00 e. The number of hydrogen-bond acceptors (Lipinski definition) is 4. The molecule has 0 amide bonds. The molecule has 0 aromatic rings. The summed E-state index contributed by atoms with van der Waals surface area (Å²) in [6, 6.07) is 0. The Morgan fingerprint density at radius 3 is 1.00 bits per heavy atom. The molecule has 0 fully saturated rings. The predicted octanol–water partition coefficient (Wildman–Crippen LogP) is -2.92. The third-order valence-electron chi connectivity index (χ3n) is 0. The molecule has 0 N–H and O–H groups in total. The minimum Gasteiger partial charge on any atom is -0.560 e. The summed E-state index contributed by atoms with van der Waals surface area (Å²) in [5.41, 5.74) is 0. The Kier molecular flexibility index (Phi) is 21.0. The fraction of sp³-hybridized carbons (Fsp3) is 0. The molecule has 0 saturated heterocycles. The van der Waals surface area contributed by atoms with Crippen LogP contribution in [0.5, 0.6) is 0 Å². The van der Waals surface area contributed by atoms with E-state index in [1.54, 1.807) is 0 Å². The molecular weight excluding hydrogens is 198 g/mol.